The lowest BCUT2D eigenvalue weighted by molar-refractivity contribution is -0.122. The Morgan fingerprint density at radius 2 is 1.14 bits per heavy atom. The molecular weight excluding hydrogens is 845 g/mol. The Morgan fingerprint density at radius 3 is 1.62 bits per heavy atom. The van der Waals surface area contributed by atoms with Gasteiger partial charge in [0, 0.05) is 40.6 Å². The maximum absolute atomic E-state index is 12.6. The van der Waals surface area contributed by atoms with Crippen LogP contribution < -0.4 is 30.7 Å². The summed E-state index contributed by atoms with van der Waals surface area (Å²) in [6, 6.07) is 24.9. The van der Waals surface area contributed by atoms with E-state index >= 15 is 0 Å². The van der Waals surface area contributed by atoms with Gasteiger partial charge in [0.05, 0.1) is 44.5 Å². The monoisotopic (exact) mass is 892 g/mol. The number of anilines is 2. The molecule has 0 radical (unpaired) electrons. The second-order valence-electron chi connectivity index (χ2n) is 15.8. The first-order valence-corrected chi connectivity index (χ1v) is 21.7. The molecule has 2 amide bonds. The maximum atomic E-state index is 12.6. The van der Waals surface area contributed by atoms with Crippen molar-refractivity contribution < 1.29 is 33.7 Å². The second-order valence-corrected chi connectivity index (χ2v) is 15.8. The third-order valence-electron chi connectivity index (χ3n) is 11.6. The molecule has 4 aromatic carbocycles. The predicted octanol–water partition coefficient (Wildman–Crippen LogP) is 5.35. The van der Waals surface area contributed by atoms with Gasteiger partial charge in [0.1, 0.15) is 23.6 Å². The average Bonchev–Trinajstić information content (AvgIpc) is 3.90. The van der Waals surface area contributed by atoms with Crippen molar-refractivity contribution in [3.63, 3.8) is 0 Å². The van der Waals surface area contributed by atoms with Gasteiger partial charge in [-0.15, -0.1) is 10.2 Å². The van der Waals surface area contributed by atoms with Crippen molar-refractivity contribution in [2.24, 2.45) is 0 Å². The topological polar surface area (TPSA) is 233 Å². The lowest BCUT2D eigenvalue weighted by Gasteiger charge is -2.17. The van der Waals surface area contributed by atoms with Gasteiger partial charge >= 0.3 is 5.97 Å². The van der Waals surface area contributed by atoms with Crippen molar-refractivity contribution in [3.05, 3.63) is 96.1 Å². The van der Waals surface area contributed by atoms with E-state index in [9.17, 15) is 19.5 Å². The highest BCUT2D eigenvalue weighted by Gasteiger charge is 2.26. The SMILES string of the molecule is COC(=O)c1cccc2c1nc(N[C@@H]1CCCCNC1=O)n1nc(-c3ccc(OC)cc3)nc21.COc1ccc(-c2nc3c4cccc(CO)c4nc(N[C@@H]4CCCCNC4=O)n3n2)cc1. The van der Waals surface area contributed by atoms with Crippen molar-refractivity contribution in [2.75, 3.05) is 45.1 Å². The van der Waals surface area contributed by atoms with Gasteiger partial charge in [-0.05, 0) is 105 Å². The Kier molecular flexibility index (Phi) is 12.5. The predicted molar refractivity (Wildman–Crippen MR) is 246 cm³/mol. The van der Waals surface area contributed by atoms with Gasteiger partial charge < -0.3 is 40.6 Å². The van der Waals surface area contributed by atoms with Crippen LogP contribution in [0.1, 0.15) is 54.4 Å². The largest absolute Gasteiger partial charge is 0.497 e. The zero-order chi connectivity index (χ0) is 45.7. The lowest BCUT2D eigenvalue weighted by atomic mass is 10.1. The molecule has 0 saturated carbocycles. The quantitative estimate of drug-likeness (QED) is 0.109. The molecule has 66 heavy (non-hydrogen) atoms. The number of aromatic nitrogens is 8. The van der Waals surface area contributed by atoms with Crippen molar-refractivity contribution >= 4 is 62.8 Å². The fourth-order valence-corrected chi connectivity index (χ4v) is 8.10. The van der Waals surface area contributed by atoms with Gasteiger partial charge in [0.25, 0.3) is 0 Å². The van der Waals surface area contributed by atoms with Gasteiger partial charge in [0.15, 0.2) is 22.9 Å². The smallest absolute Gasteiger partial charge is 0.340 e. The number of carbonyl (C=O) groups excluding carboxylic acids is 3. The Labute approximate surface area is 377 Å². The number of ether oxygens (including phenoxy) is 3. The third kappa shape index (κ3) is 8.67. The molecule has 19 nitrogen and oxygen atoms in total. The zero-order valence-electron chi connectivity index (χ0n) is 36.6. The van der Waals surface area contributed by atoms with Crippen LogP contribution in [0.2, 0.25) is 0 Å². The molecule has 2 aliphatic rings. The Bertz CT molecular complexity index is 3080. The highest BCUT2D eigenvalue weighted by molar-refractivity contribution is 6.07. The molecule has 10 rings (SSSR count). The van der Waals surface area contributed by atoms with Gasteiger partial charge in [-0.3, -0.25) is 9.59 Å². The van der Waals surface area contributed by atoms with Gasteiger partial charge in [-0.1, -0.05) is 18.2 Å². The first kappa shape index (κ1) is 43.3. The van der Waals surface area contributed by atoms with Gasteiger partial charge in [0.2, 0.25) is 23.7 Å². The summed E-state index contributed by atoms with van der Waals surface area (Å²) in [5, 5.41) is 33.0. The summed E-state index contributed by atoms with van der Waals surface area (Å²) in [5.74, 6) is 2.58. The summed E-state index contributed by atoms with van der Waals surface area (Å²) < 4.78 is 18.7. The number of hydrogen-bond donors (Lipinski definition) is 5. The van der Waals surface area contributed by atoms with Crippen LogP contribution >= 0.6 is 0 Å². The van der Waals surface area contributed by atoms with E-state index in [1.807, 2.05) is 72.8 Å². The van der Waals surface area contributed by atoms with Crippen LogP contribution in [0.25, 0.3) is 55.9 Å². The molecule has 0 spiro atoms. The molecule has 2 fully saturated rings. The van der Waals surface area contributed by atoms with Crippen LogP contribution in [0, 0.1) is 0 Å². The van der Waals surface area contributed by atoms with Crippen LogP contribution in [-0.4, -0.2) is 109 Å². The van der Waals surface area contributed by atoms with Crippen LogP contribution in [-0.2, 0) is 20.9 Å². The molecule has 5 N–H and O–H groups in total. The minimum atomic E-state index is -0.504. The van der Waals surface area contributed by atoms with Gasteiger partial charge in [-0.25, -0.2) is 24.7 Å². The summed E-state index contributed by atoms with van der Waals surface area (Å²) in [7, 11) is 4.56. The van der Waals surface area contributed by atoms with E-state index < -0.39 is 18.1 Å². The summed E-state index contributed by atoms with van der Waals surface area (Å²) in [5.41, 5.74) is 4.79. The Morgan fingerprint density at radius 1 is 0.652 bits per heavy atom. The number of amides is 2. The Hall–Kier alpha value is -7.93. The summed E-state index contributed by atoms with van der Waals surface area (Å²) in [6.45, 7) is 1.18. The number of nitrogens with zero attached hydrogens (tertiary/aromatic N) is 8. The molecule has 6 heterocycles. The number of benzene rings is 4. The molecule has 4 aromatic heterocycles. The molecule has 338 valence electrons. The van der Waals surface area contributed by atoms with E-state index in [2.05, 4.69) is 26.4 Å². The molecule has 8 aromatic rings. The molecule has 2 atom stereocenters. The van der Waals surface area contributed by atoms with Crippen molar-refractivity contribution in [1.82, 2.24) is 49.8 Å². The minimum Gasteiger partial charge on any atom is -0.497 e. The standard InChI is InChI=1S/C24H24N6O4.C23H24N6O3/c1-33-15-11-9-14(10-12-15)20-28-21-16-6-5-7-17(23(32)34-2)19(16)27-24(30(21)29-20)26-18-8-3-4-13-25-22(18)31;1-32-16-10-8-14(9-11-16)20-27-21-17-6-4-5-15(13-30)19(17)26-23(29(21)28-20)25-18-7-2-3-12-24-22(18)31/h5-7,9-12,18H,3-4,8,13H2,1-2H3,(H,25,31)(H,26,27);4-6,8-11,18,30H,2-3,7,12-13H2,1H3,(H,24,31)(H,25,26)/t2*18-/m11/s1. The fraction of sp³-hybridized carbons (Fsp3) is 0.298. The van der Waals surface area contributed by atoms with Crippen LogP contribution in [0.3, 0.4) is 0 Å². The number of fused-ring (bicyclic) bond motifs is 6. The normalized spacial score (nSPS) is 16.4. The number of nitrogens with one attached hydrogen (secondary N) is 4. The number of carbonyl (C=O) groups is 3. The summed E-state index contributed by atoms with van der Waals surface area (Å²) in [6.07, 6.45) is 5.06. The minimum absolute atomic E-state index is 0.0523. The van der Waals surface area contributed by atoms with E-state index in [0.717, 1.165) is 53.7 Å². The first-order valence-electron chi connectivity index (χ1n) is 21.7. The molecule has 2 aliphatic heterocycles. The third-order valence-corrected chi connectivity index (χ3v) is 11.6. The molecule has 19 heteroatoms. The molecular formula is C47H48N12O7. The Balaban J connectivity index is 0.000000166. The number of esters is 1. The summed E-state index contributed by atoms with van der Waals surface area (Å²) >= 11 is 0. The maximum Gasteiger partial charge on any atom is 0.340 e. The summed E-state index contributed by atoms with van der Waals surface area (Å²) in [4.78, 5) is 56.6. The van der Waals surface area contributed by atoms with Crippen LogP contribution in [0.4, 0.5) is 11.9 Å². The van der Waals surface area contributed by atoms with Crippen LogP contribution in [0.5, 0.6) is 11.5 Å². The van der Waals surface area contributed by atoms with Gasteiger partial charge in [-0.2, -0.15) is 9.03 Å². The van der Waals surface area contributed by atoms with E-state index in [0.29, 0.717) is 88.3 Å². The number of aliphatic hydroxyl groups is 1. The lowest BCUT2D eigenvalue weighted by Crippen LogP contribution is -2.38. The van der Waals surface area contributed by atoms with E-state index in [1.165, 1.54) is 7.11 Å². The van der Waals surface area contributed by atoms with E-state index in [-0.39, 0.29) is 18.4 Å². The number of rotatable bonds is 10. The average molecular weight is 893 g/mol. The van der Waals surface area contributed by atoms with E-state index in [4.69, 9.17) is 39.2 Å². The highest BCUT2D eigenvalue weighted by Crippen LogP contribution is 2.30. The number of methoxy groups -OCH3 is 3. The number of aliphatic hydroxyl groups excluding tert-OH is 1. The first-order chi connectivity index (χ1) is 32.3. The van der Waals surface area contributed by atoms with Crippen molar-refractivity contribution in [3.8, 4) is 34.3 Å². The van der Waals surface area contributed by atoms with Crippen molar-refractivity contribution in [2.45, 2.75) is 57.2 Å². The van der Waals surface area contributed by atoms with E-state index in [1.54, 1.807) is 35.4 Å². The van der Waals surface area contributed by atoms with Crippen LogP contribution in [0.15, 0.2) is 84.9 Å². The zero-order valence-corrected chi connectivity index (χ0v) is 36.6. The fourth-order valence-electron chi connectivity index (χ4n) is 8.10. The molecule has 0 unspecified atom stereocenters. The second kappa shape index (κ2) is 19.0. The number of hydrogen-bond acceptors (Lipinski definition) is 15. The molecule has 0 bridgehead atoms. The molecule has 2 saturated heterocycles. The highest BCUT2D eigenvalue weighted by atomic mass is 16.5. The molecule has 0 aliphatic carbocycles. The van der Waals surface area contributed by atoms with Crippen molar-refractivity contribution in [1.29, 1.82) is 0 Å². The number of para-hydroxylation sites is 2.